The molecular formula is C16H19BN2O2. The summed E-state index contributed by atoms with van der Waals surface area (Å²) in [5.74, 6) is 0. The first-order valence-electron chi connectivity index (χ1n) is 7.43. The summed E-state index contributed by atoms with van der Waals surface area (Å²) in [5, 5.41) is 4.36. The summed E-state index contributed by atoms with van der Waals surface area (Å²) in [6.07, 6.45) is 7.18. The zero-order valence-corrected chi connectivity index (χ0v) is 12.1. The molecule has 0 N–H and O–H groups in total. The second kappa shape index (κ2) is 6.92. The minimum absolute atomic E-state index is 0.0362. The Labute approximate surface area is 126 Å². The molecule has 1 aliphatic heterocycles. The zero-order chi connectivity index (χ0) is 14.5. The van der Waals surface area contributed by atoms with Gasteiger partial charge < -0.3 is 9.47 Å². The van der Waals surface area contributed by atoms with Crippen molar-refractivity contribution >= 4 is 13.3 Å². The van der Waals surface area contributed by atoms with Gasteiger partial charge in [0.15, 0.2) is 6.29 Å². The van der Waals surface area contributed by atoms with E-state index in [0.29, 0.717) is 6.61 Å². The van der Waals surface area contributed by atoms with E-state index in [0.717, 1.165) is 42.6 Å². The molecule has 2 aromatic rings. The van der Waals surface area contributed by atoms with Gasteiger partial charge in [0.05, 0.1) is 19.3 Å². The molecule has 0 aliphatic carbocycles. The van der Waals surface area contributed by atoms with Gasteiger partial charge in [0, 0.05) is 18.4 Å². The average molecular weight is 282 g/mol. The van der Waals surface area contributed by atoms with Crippen molar-refractivity contribution in [1.82, 2.24) is 9.78 Å². The molecule has 1 aliphatic rings. The van der Waals surface area contributed by atoms with Gasteiger partial charge in [-0.2, -0.15) is 5.10 Å². The highest BCUT2D eigenvalue weighted by Crippen LogP contribution is 2.17. The van der Waals surface area contributed by atoms with Crippen molar-refractivity contribution in [3.05, 3.63) is 36.7 Å². The molecule has 1 saturated heterocycles. The first-order valence-corrected chi connectivity index (χ1v) is 7.43. The minimum atomic E-state index is -0.0362. The van der Waals surface area contributed by atoms with Gasteiger partial charge in [0.2, 0.25) is 0 Å². The third-order valence-corrected chi connectivity index (χ3v) is 3.64. The molecule has 1 aromatic carbocycles. The quantitative estimate of drug-likeness (QED) is 0.786. The van der Waals surface area contributed by atoms with Crippen molar-refractivity contribution in [2.45, 2.75) is 32.1 Å². The van der Waals surface area contributed by atoms with Gasteiger partial charge in [-0.15, -0.1) is 0 Å². The Morgan fingerprint density at radius 2 is 2.10 bits per heavy atom. The van der Waals surface area contributed by atoms with Crippen molar-refractivity contribution in [1.29, 1.82) is 0 Å². The first kappa shape index (κ1) is 14.4. The molecule has 5 heteroatoms. The van der Waals surface area contributed by atoms with Gasteiger partial charge in [0.25, 0.3) is 0 Å². The van der Waals surface area contributed by atoms with Gasteiger partial charge in [0.1, 0.15) is 7.85 Å². The van der Waals surface area contributed by atoms with Crippen LogP contribution in [0.15, 0.2) is 36.7 Å². The summed E-state index contributed by atoms with van der Waals surface area (Å²) < 4.78 is 13.2. The van der Waals surface area contributed by atoms with E-state index in [1.807, 2.05) is 41.3 Å². The Morgan fingerprint density at radius 1 is 1.24 bits per heavy atom. The lowest BCUT2D eigenvalue weighted by Crippen LogP contribution is -2.24. The molecular weight excluding hydrogens is 263 g/mol. The van der Waals surface area contributed by atoms with Crippen LogP contribution in [0.5, 0.6) is 0 Å². The molecule has 0 amide bonds. The third-order valence-electron chi connectivity index (χ3n) is 3.64. The smallest absolute Gasteiger partial charge is 0.157 e. The monoisotopic (exact) mass is 282 g/mol. The fourth-order valence-corrected chi connectivity index (χ4v) is 2.43. The molecule has 0 spiro atoms. The van der Waals surface area contributed by atoms with Crippen LogP contribution in [-0.4, -0.2) is 37.1 Å². The largest absolute Gasteiger partial charge is 0.353 e. The number of rotatable bonds is 5. The topological polar surface area (TPSA) is 36.3 Å². The summed E-state index contributed by atoms with van der Waals surface area (Å²) >= 11 is 0. The second-order valence-corrected chi connectivity index (χ2v) is 5.28. The molecule has 0 bridgehead atoms. The van der Waals surface area contributed by atoms with Crippen LogP contribution in [-0.2, 0) is 16.0 Å². The Hall–Kier alpha value is -1.59. The summed E-state index contributed by atoms with van der Waals surface area (Å²) in [4.78, 5) is 0. The Bertz CT molecular complexity index is 562. The SMILES string of the molecule is [B]c1ccc(-c2cnn(CCOC3CCCCO3)c2)cc1. The predicted molar refractivity (Wildman–Crippen MR) is 82.6 cm³/mol. The van der Waals surface area contributed by atoms with E-state index in [2.05, 4.69) is 5.10 Å². The van der Waals surface area contributed by atoms with Gasteiger partial charge >= 0.3 is 0 Å². The predicted octanol–water partition coefficient (Wildman–Crippen LogP) is 1.89. The number of aromatic nitrogens is 2. The lowest BCUT2D eigenvalue weighted by atomic mass is 9.94. The van der Waals surface area contributed by atoms with Crippen molar-refractivity contribution in [3.8, 4) is 11.1 Å². The maximum absolute atomic E-state index is 5.72. The maximum atomic E-state index is 5.72. The lowest BCUT2D eigenvalue weighted by molar-refractivity contribution is -0.163. The molecule has 2 heterocycles. The summed E-state index contributed by atoms with van der Waals surface area (Å²) in [5.41, 5.74) is 2.97. The van der Waals surface area contributed by atoms with Crippen molar-refractivity contribution in [2.75, 3.05) is 13.2 Å². The molecule has 1 atom stereocenters. The molecule has 1 aromatic heterocycles. The normalized spacial score (nSPS) is 18.8. The maximum Gasteiger partial charge on any atom is 0.157 e. The van der Waals surface area contributed by atoms with Crippen LogP contribution < -0.4 is 5.46 Å². The van der Waals surface area contributed by atoms with Gasteiger partial charge in [-0.3, -0.25) is 4.68 Å². The highest BCUT2D eigenvalue weighted by atomic mass is 16.7. The van der Waals surface area contributed by atoms with Gasteiger partial charge in [-0.25, -0.2) is 0 Å². The van der Waals surface area contributed by atoms with Crippen LogP contribution in [0.3, 0.4) is 0 Å². The van der Waals surface area contributed by atoms with Gasteiger partial charge in [-0.1, -0.05) is 29.7 Å². The van der Waals surface area contributed by atoms with E-state index in [4.69, 9.17) is 17.3 Å². The van der Waals surface area contributed by atoms with Crippen LogP contribution in [0.1, 0.15) is 19.3 Å². The first-order chi connectivity index (χ1) is 10.3. The molecule has 3 rings (SSSR count). The Morgan fingerprint density at radius 3 is 2.86 bits per heavy atom. The second-order valence-electron chi connectivity index (χ2n) is 5.28. The van der Waals surface area contributed by atoms with Crippen LogP contribution in [0.25, 0.3) is 11.1 Å². The van der Waals surface area contributed by atoms with E-state index < -0.39 is 0 Å². The van der Waals surface area contributed by atoms with E-state index in [1.165, 1.54) is 6.42 Å². The van der Waals surface area contributed by atoms with Crippen LogP contribution >= 0.6 is 0 Å². The fraction of sp³-hybridized carbons (Fsp3) is 0.438. The summed E-state index contributed by atoms with van der Waals surface area (Å²) in [7, 11) is 5.70. The van der Waals surface area contributed by atoms with Crippen molar-refractivity contribution in [2.24, 2.45) is 0 Å². The molecule has 2 radical (unpaired) electrons. The number of nitrogens with zero attached hydrogens (tertiary/aromatic N) is 2. The number of ether oxygens (including phenoxy) is 2. The van der Waals surface area contributed by atoms with E-state index in [-0.39, 0.29) is 6.29 Å². The lowest BCUT2D eigenvalue weighted by Gasteiger charge is -2.22. The van der Waals surface area contributed by atoms with Crippen molar-refractivity contribution < 1.29 is 9.47 Å². The third kappa shape index (κ3) is 3.96. The van der Waals surface area contributed by atoms with Crippen LogP contribution in [0.2, 0.25) is 0 Å². The molecule has 0 saturated carbocycles. The highest BCUT2D eigenvalue weighted by Gasteiger charge is 2.13. The summed E-state index contributed by atoms with van der Waals surface area (Å²) in [6.45, 7) is 2.16. The van der Waals surface area contributed by atoms with Crippen LogP contribution in [0, 0.1) is 0 Å². The van der Waals surface area contributed by atoms with Gasteiger partial charge in [-0.05, 0) is 24.8 Å². The average Bonchev–Trinajstić information content (AvgIpc) is 2.98. The van der Waals surface area contributed by atoms with E-state index in [1.54, 1.807) is 0 Å². The minimum Gasteiger partial charge on any atom is -0.353 e. The molecule has 1 fully saturated rings. The van der Waals surface area contributed by atoms with Crippen LogP contribution in [0.4, 0.5) is 0 Å². The standard InChI is InChI=1S/C16H19BN2O2/c17-15-6-4-13(5-7-15)14-11-18-19(12-14)8-10-21-16-3-1-2-9-20-16/h4-7,11-12,16H,1-3,8-10H2. The number of hydrogen-bond donors (Lipinski definition) is 0. The number of hydrogen-bond acceptors (Lipinski definition) is 3. The highest BCUT2D eigenvalue weighted by molar-refractivity contribution is 6.32. The molecule has 108 valence electrons. The molecule has 1 unspecified atom stereocenters. The number of benzene rings is 1. The zero-order valence-electron chi connectivity index (χ0n) is 12.1. The Balaban J connectivity index is 1.51. The molecule has 4 nitrogen and oxygen atoms in total. The van der Waals surface area contributed by atoms with E-state index in [9.17, 15) is 0 Å². The van der Waals surface area contributed by atoms with E-state index >= 15 is 0 Å². The molecule has 21 heavy (non-hydrogen) atoms. The fourth-order valence-electron chi connectivity index (χ4n) is 2.43. The van der Waals surface area contributed by atoms with Crippen molar-refractivity contribution in [3.63, 3.8) is 0 Å². The summed E-state index contributed by atoms with van der Waals surface area (Å²) in [6, 6.07) is 7.80. The Kier molecular flexibility index (Phi) is 4.73.